The van der Waals surface area contributed by atoms with Crippen LogP contribution in [0.1, 0.15) is 31.7 Å². The van der Waals surface area contributed by atoms with E-state index in [4.69, 9.17) is 24.2 Å². The maximum absolute atomic E-state index is 9.10. The van der Waals surface area contributed by atoms with Gasteiger partial charge in [0.15, 0.2) is 5.58 Å². The Morgan fingerprint density at radius 2 is 1.78 bits per heavy atom. The van der Waals surface area contributed by atoms with Gasteiger partial charge >= 0.3 is 11.9 Å². The van der Waals surface area contributed by atoms with E-state index in [1.165, 1.54) is 49.0 Å². The van der Waals surface area contributed by atoms with Crippen LogP contribution in [-0.2, 0) is 16.0 Å². The van der Waals surface area contributed by atoms with Crippen molar-refractivity contribution in [2.24, 2.45) is 0 Å². The largest absolute Gasteiger partial charge is 0.473 e. The summed E-state index contributed by atoms with van der Waals surface area (Å²) in [7, 11) is 0. The van der Waals surface area contributed by atoms with E-state index in [9.17, 15) is 0 Å². The molecular weight excluding hydrogens is 298 g/mol. The van der Waals surface area contributed by atoms with Gasteiger partial charge in [-0.3, -0.25) is 0 Å². The Bertz CT molecular complexity index is 673. The number of fused-ring (bicyclic) bond motifs is 1. The topological polar surface area (TPSA) is 91.0 Å². The average molecular weight is 319 g/mol. The van der Waals surface area contributed by atoms with E-state index in [1.54, 1.807) is 0 Å². The second-order valence-corrected chi connectivity index (χ2v) is 5.43. The Kier molecular flexibility index (Phi) is 5.62. The molecule has 0 radical (unpaired) electrons. The van der Waals surface area contributed by atoms with E-state index >= 15 is 0 Å². The summed E-state index contributed by atoms with van der Waals surface area (Å²) in [4.78, 5) is 20.7. The van der Waals surface area contributed by atoms with Crippen molar-refractivity contribution in [3.8, 4) is 0 Å². The van der Waals surface area contributed by atoms with Gasteiger partial charge in [-0.25, -0.2) is 9.59 Å². The number of hydrogen-bond donors (Lipinski definition) is 2. The molecule has 23 heavy (non-hydrogen) atoms. The van der Waals surface area contributed by atoms with Crippen molar-refractivity contribution in [2.75, 3.05) is 18.0 Å². The van der Waals surface area contributed by atoms with Gasteiger partial charge in [-0.2, -0.15) is 0 Å². The van der Waals surface area contributed by atoms with Gasteiger partial charge in [-0.05, 0) is 37.3 Å². The highest BCUT2D eigenvalue weighted by atomic mass is 16.4. The fourth-order valence-electron chi connectivity index (χ4n) is 2.75. The third-order valence-corrected chi connectivity index (χ3v) is 3.92. The van der Waals surface area contributed by atoms with Crippen molar-refractivity contribution in [3.05, 3.63) is 30.0 Å². The SMILES string of the molecule is CCc1coc2c(N3CCCCC3)cccc12.O=C(O)C(=O)O. The molecule has 0 amide bonds. The van der Waals surface area contributed by atoms with Crippen LogP contribution in [0.15, 0.2) is 28.9 Å². The predicted octanol–water partition coefficient (Wildman–Crippen LogP) is 3.14. The lowest BCUT2D eigenvalue weighted by Gasteiger charge is -2.28. The zero-order chi connectivity index (χ0) is 16.8. The van der Waals surface area contributed by atoms with Crippen molar-refractivity contribution >= 4 is 28.6 Å². The average Bonchev–Trinajstić information content (AvgIpc) is 2.99. The smallest absolute Gasteiger partial charge is 0.414 e. The van der Waals surface area contributed by atoms with Crippen LogP contribution in [0.5, 0.6) is 0 Å². The molecule has 2 N–H and O–H groups in total. The molecule has 3 rings (SSSR count). The molecule has 0 bridgehead atoms. The molecule has 0 saturated carbocycles. The van der Waals surface area contributed by atoms with Crippen molar-refractivity contribution < 1.29 is 24.2 Å². The Hall–Kier alpha value is -2.50. The number of benzene rings is 1. The summed E-state index contributed by atoms with van der Waals surface area (Å²) in [5, 5.41) is 16.1. The van der Waals surface area contributed by atoms with Crippen LogP contribution >= 0.6 is 0 Å². The molecule has 0 aliphatic carbocycles. The molecule has 0 atom stereocenters. The highest BCUT2D eigenvalue weighted by Gasteiger charge is 2.16. The van der Waals surface area contributed by atoms with Gasteiger partial charge in [0.25, 0.3) is 0 Å². The Morgan fingerprint density at radius 3 is 2.35 bits per heavy atom. The van der Waals surface area contributed by atoms with Gasteiger partial charge in [0.1, 0.15) is 0 Å². The summed E-state index contributed by atoms with van der Waals surface area (Å²) in [6.07, 6.45) is 6.93. The molecule has 2 heterocycles. The van der Waals surface area contributed by atoms with Gasteiger partial charge in [-0.1, -0.05) is 19.1 Å². The van der Waals surface area contributed by atoms with Crippen molar-refractivity contribution in [1.82, 2.24) is 0 Å². The summed E-state index contributed by atoms with van der Waals surface area (Å²) in [6.45, 7) is 4.51. The monoisotopic (exact) mass is 319 g/mol. The first kappa shape index (κ1) is 16.9. The van der Waals surface area contributed by atoms with Crippen LogP contribution in [-0.4, -0.2) is 35.2 Å². The fraction of sp³-hybridized carbons (Fsp3) is 0.412. The summed E-state index contributed by atoms with van der Waals surface area (Å²) in [5.74, 6) is -3.65. The Morgan fingerprint density at radius 1 is 1.13 bits per heavy atom. The quantitative estimate of drug-likeness (QED) is 0.826. The summed E-state index contributed by atoms with van der Waals surface area (Å²) in [5.41, 5.74) is 3.67. The van der Waals surface area contributed by atoms with Gasteiger partial charge in [0.2, 0.25) is 0 Å². The number of carboxylic acid groups (broad SMARTS) is 2. The Labute approximate surface area is 134 Å². The predicted molar refractivity (Wildman–Crippen MR) is 86.9 cm³/mol. The molecule has 1 saturated heterocycles. The number of furan rings is 1. The first-order chi connectivity index (χ1) is 11.0. The van der Waals surface area contributed by atoms with E-state index in [0.29, 0.717) is 0 Å². The number of hydrogen-bond acceptors (Lipinski definition) is 4. The molecule has 2 aromatic rings. The molecule has 1 aliphatic heterocycles. The number of nitrogens with zero attached hydrogens (tertiary/aromatic N) is 1. The van der Waals surface area contributed by atoms with Crippen molar-refractivity contribution in [1.29, 1.82) is 0 Å². The molecule has 6 nitrogen and oxygen atoms in total. The molecule has 1 aliphatic rings. The van der Waals surface area contributed by atoms with E-state index in [1.807, 2.05) is 6.26 Å². The Balaban J connectivity index is 0.000000277. The van der Waals surface area contributed by atoms with Crippen LogP contribution in [0, 0.1) is 0 Å². The molecule has 0 spiro atoms. The molecule has 6 heteroatoms. The maximum Gasteiger partial charge on any atom is 0.414 e. The number of rotatable bonds is 2. The number of anilines is 1. The first-order valence-corrected chi connectivity index (χ1v) is 7.74. The minimum absolute atomic E-state index is 1.04. The van der Waals surface area contributed by atoms with Crippen LogP contribution < -0.4 is 4.90 Å². The van der Waals surface area contributed by atoms with Gasteiger partial charge in [-0.15, -0.1) is 0 Å². The highest BCUT2D eigenvalue weighted by Crippen LogP contribution is 2.32. The van der Waals surface area contributed by atoms with Gasteiger partial charge < -0.3 is 19.5 Å². The van der Waals surface area contributed by atoms with Crippen LogP contribution in [0.4, 0.5) is 5.69 Å². The summed E-state index contributed by atoms with van der Waals surface area (Å²) >= 11 is 0. The van der Waals surface area contributed by atoms with Crippen molar-refractivity contribution in [3.63, 3.8) is 0 Å². The molecular formula is C17H21NO5. The first-order valence-electron chi connectivity index (χ1n) is 7.74. The zero-order valence-corrected chi connectivity index (χ0v) is 13.1. The molecule has 1 fully saturated rings. The van der Waals surface area contributed by atoms with E-state index < -0.39 is 11.9 Å². The van der Waals surface area contributed by atoms with Crippen LogP contribution in [0.2, 0.25) is 0 Å². The highest BCUT2D eigenvalue weighted by molar-refractivity contribution is 6.27. The lowest BCUT2D eigenvalue weighted by Crippen LogP contribution is -2.29. The maximum atomic E-state index is 9.10. The number of carbonyl (C=O) groups is 2. The second kappa shape index (κ2) is 7.67. The van der Waals surface area contributed by atoms with Gasteiger partial charge in [0, 0.05) is 18.5 Å². The lowest BCUT2D eigenvalue weighted by molar-refractivity contribution is -0.159. The second-order valence-electron chi connectivity index (χ2n) is 5.43. The lowest BCUT2D eigenvalue weighted by atomic mass is 10.1. The summed E-state index contributed by atoms with van der Waals surface area (Å²) in [6, 6.07) is 6.52. The minimum Gasteiger partial charge on any atom is -0.473 e. The number of aliphatic carboxylic acids is 2. The van der Waals surface area contributed by atoms with E-state index in [-0.39, 0.29) is 0 Å². The number of aryl methyl sites for hydroxylation is 1. The van der Waals surface area contributed by atoms with Crippen LogP contribution in [0.3, 0.4) is 0 Å². The van der Waals surface area contributed by atoms with E-state index in [0.717, 1.165) is 12.0 Å². The summed E-state index contributed by atoms with van der Waals surface area (Å²) < 4.78 is 5.78. The van der Waals surface area contributed by atoms with Crippen LogP contribution in [0.25, 0.3) is 11.0 Å². The minimum atomic E-state index is -1.82. The fourth-order valence-corrected chi connectivity index (χ4v) is 2.75. The van der Waals surface area contributed by atoms with E-state index in [2.05, 4.69) is 30.0 Å². The number of piperidine rings is 1. The van der Waals surface area contributed by atoms with Gasteiger partial charge in [0.05, 0.1) is 12.0 Å². The number of carboxylic acids is 2. The molecule has 1 aromatic heterocycles. The third-order valence-electron chi connectivity index (χ3n) is 3.92. The molecule has 1 aromatic carbocycles. The normalized spacial score (nSPS) is 14.2. The standard InChI is InChI=1S/C15H19NO.C2H2O4/c1-2-12-11-17-15-13(12)7-6-8-14(15)16-9-4-3-5-10-16;3-1(4)2(5)6/h6-8,11H,2-5,9-10H2,1H3;(H,3,4)(H,5,6). The molecule has 0 unspecified atom stereocenters. The number of para-hydroxylation sites is 1. The third kappa shape index (κ3) is 4.03. The van der Waals surface area contributed by atoms with Crippen molar-refractivity contribution in [2.45, 2.75) is 32.6 Å². The molecule has 124 valence electrons. The zero-order valence-electron chi connectivity index (χ0n) is 13.1.